The fraction of sp³-hybridized carbons (Fsp3) is 0.160. The van der Waals surface area contributed by atoms with Crippen LogP contribution < -0.4 is 5.32 Å². The van der Waals surface area contributed by atoms with Gasteiger partial charge in [0.15, 0.2) is 5.65 Å². The molecule has 0 radical (unpaired) electrons. The van der Waals surface area contributed by atoms with Gasteiger partial charge in [0.2, 0.25) is 0 Å². The van der Waals surface area contributed by atoms with Gasteiger partial charge in [0, 0.05) is 18.1 Å². The topological polar surface area (TPSA) is 93.8 Å². The van der Waals surface area contributed by atoms with Crippen molar-refractivity contribution in [1.29, 1.82) is 0 Å². The zero-order valence-electron chi connectivity index (χ0n) is 19.3. The van der Waals surface area contributed by atoms with Crippen molar-refractivity contribution in [2.75, 3.05) is 18.4 Å². The van der Waals surface area contributed by atoms with Gasteiger partial charge in [0.25, 0.3) is 5.91 Å². The average Bonchev–Trinajstić information content (AvgIpc) is 3.50. The van der Waals surface area contributed by atoms with Gasteiger partial charge in [0.05, 0.1) is 29.2 Å². The lowest BCUT2D eigenvalue weighted by molar-refractivity contribution is 0.0774. The van der Waals surface area contributed by atoms with Crippen LogP contribution in [0.4, 0.5) is 11.6 Å². The molecule has 9 nitrogen and oxygen atoms in total. The third kappa shape index (κ3) is 4.22. The molecular weight excluding hydrogens is 464 g/mol. The van der Waals surface area contributed by atoms with E-state index in [1.165, 1.54) is 6.33 Å². The summed E-state index contributed by atoms with van der Waals surface area (Å²) in [6, 6.07) is 17.0. The Kier molecular flexibility index (Phi) is 6.15. The quantitative estimate of drug-likeness (QED) is 0.352. The summed E-state index contributed by atoms with van der Waals surface area (Å²) in [5.41, 5.74) is 2.65. The number of nitrogens with one attached hydrogen (secondary N) is 1. The van der Waals surface area contributed by atoms with Gasteiger partial charge >= 0.3 is 0 Å². The zero-order valence-corrected chi connectivity index (χ0v) is 20.0. The molecule has 10 heteroatoms. The number of rotatable bonds is 7. The molecule has 0 saturated carbocycles. The summed E-state index contributed by atoms with van der Waals surface area (Å²) in [4.78, 5) is 24.0. The van der Waals surface area contributed by atoms with Gasteiger partial charge in [-0.2, -0.15) is 10.2 Å². The molecule has 5 aromatic rings. The lowest BCUT2D eigenvalue weighted by Gasteiger charge is -2.19. The Morgan fingerprint density at radius 1 is 0.943 bits per heavy atom. The smallest absolute Gasteiger partial charge is 0.259 e. The maximum atomic E-state index is 13.3. The van der Waals surface area contributed by atoms with Crippen molar-refractivity contribution in [3.63, 3.8) is 0 Å². The number of nitrogens with zero attached hydrogens (tertiary/aromatic N) is 7. The van der Waals surface area contributed by atoms with Crippen LogP contribution in [0, 0.1) is 0 Å². The van der Waals surface area contributed by atoms with E-state index in [0.29, 0.717) is 46.3 Å². The van der Waals surface area contributed by atoms with Crippen molar-refractivity contribution in [2.24, 2.45) is 0 Å². The number of para-hydroxylation sites is 1. The number of hydrogen-bond donors (Lipinski definition) is 1. The first-order valence-electron chi connectivity index (χ1n) is 11.2. The molecule has 1 N–H and O–H groups in total. The molecule has 35 heavy (non-hydrogen) atoms. The average molecular weight is 487 g/mol. The third-order valence-corrected chi connectivity index (χ3v) is 5.94. The van der Waals surface area contributed by atoms with E-state index in [-0.39, 0.29) is 5.91 Å². The predicted octanol–water partition coefficient (Wildman–Crippen LogP) is 4.88. The molecule has 0 bridgehead atoms. The van der Waals surface area contributed by atoms with Gasteiger partial charge in [-0.25, -0.2) is 19.3 Å². The molecule has 3 heterocycles. The number of amides is 1. The molecule has 0 fully saturated rings. The minimum absolute atomic E-state index is 0.111. The van der Waals surface area contributed by atoms with Crippen LogP contribution in [0.2, 0.25) is 5.02 Å². The van der Waals surface area contributed by atoms with Crippen LogP contribution in [-0.2, 0) is 0 Å². The van der Waals surface area contributed by atoms with Crippen LogP contribution in [0.5, 0.6) is 0 Å². The van der Waals surface area contributed by atoms with Crippen molar-refractivity contribution in [2.45, 2.75) is 13.8 Å². The first-order valence-corrected chi connectivity index (χ1v) is 11.6. The number of carbonyl (C=O) groups is 1. The number of hydrogen-bond acceptors (Lipinski definition) is 6. The van der Waals surface area contributed by atoms with Crippen molar-refractivity contribution < 1.29 is 4.79 Å². The first kappa shape index (κ1) is 22.5. The summed E-state index contributed by atoms with van der Waals surface area (Å²) < 4.78 is 3.40. The molecule has 0 aliphatic heterocycles. The molecular formula is C25H23ClN8O. The standard InChI is InChI=1S/C25H23ClN8O/c1-3-32(4-2)25(35)21-15-30-33(18-10-6-5-7-11-18)24(21)31-22-20-14-29-34(23(20)28-16-27-22)19-12-8-9-17(26)13-19/h5-16H,3-4H2,1-2H3,(H,27,28,31). The molecule has 0 atom stereocenters. The molecule has 3 aromatic heterocycles. The Morgan fingerprint density at radius 3 is 2.43 bits per heavy atom. The molecule has 1 amide bonds. The monoisotopic (exact) mass is 486 g/mol. The largest absolute Gasteiger partial charge is 0.339 e. The van der Waals surface area contributed by atoms with Crippen molar-refractivity contribution >= 4 is 40.2 Å². The number of benzene rings is 2. The lowest BCUT2D eigenvalue weighted by Crippen LogP contribution is -2.30. The van der Waals surface area contributed by atoms with E-state index in [0.717, 1.165) is 11.4 Å². The fourth-order valence-corrected chi connectivity index (χ4v) is 4.11. The van der Waals surface area contributed by atoms with Gasteiger partial charge in [-0.05, 0) is 44.2 Å². The van der Waals surface area contributed by atoms with Crippen LogP contribution in [-0.4, -0.2) is 53.4 Å². The number of carbonyl (C=O) groups excluding carboxylic acids is 1. The van der Waals surface area contributed by atoms with Gasteiger partial charge in [-0.3, -0.25) is 4.79 Å². The second kappa shape index (κ2) is 9.55. The van der Waals surface area contributed by atoms with E-state index in [4.69, 9.17) is 11.6 Å². The van der Waals surface area contributed by atoms with E-state index in [1.807, 2.05) is 62.4 Å². The Hall–Kier alpha value is -4.24. The maximum Gasteiger partial charge on any atom is 0.259 e. The normalized spacial score (nSPS) is 11.1. The van der Waals surface area contributed by atoms with Gasteiger partial charge in [-0.1, -0.05) is 35.9 Å². The minimum Gasteiger partial charge on any atom is -0.339 e. The summed E-state index contributed by atoms with van der Waals surface area (Å²) in [5, 5.41) is 13.7. The Balaban J connectivity index is 1.62. The van der Waals surface area contributed by atoms with E-state index < -0.39 is 0 Å². The molecule has 0 aliphatic carbocycles. The van der Waals surface area contributed by atoms with Crippen LogP contribution in [0.3, 0.4) is 0 Å². The first-order chi connectivity index (χ1) is 17.1. The van der Waals surface area contributed by atoms with Gasteiger partial charge in [0.1, 0.15) is 23.5 Å². The zero-order chi connectivity index (χ0) is 24.4. The van der Waals surface area contributed by atoms with Gasteiger partial charge < -0.3 is 10.2 Å². The highest BCUT2D eigenvalue weighted by Crippen LogP contribution is 2.29. The lowest BCUT2D eigenvalue weighted by atomic mass is 10.2. The van der Waals surface area contributed by atoms with Crippen LogP contribution >= 0.6 is 11.6 Å². The van der Waals surface area contributed by atoms with Gasteiger partial charge in [-0.15, -0.1) is 0 Å². The highest BCUT2D eigenvalue weighted by Gasteiger charge is 2.23. The Labute approximate surface area is 207 Å². The van der Waals surface area contributed by atoms with Crippen molar-refractivity contribution in [3.05, 3.63) is 83.9 Å². The van der Waals surface area contributed by atoms with Crippen molar-refractivity contribution in [3.8, 4) is 11.4 Å². The van der Waals surface area contributed by atoms with E-state index >= 15 is 0 Å². The minimum atomic E-state index is -0.111. The summed E-state index contributed by atoms with van der Waals surface area (Å²) >= 11 is 6.18. The van der Waals surface area contributed by atoms with Crippen LogP contribution in [0.15, 0.2) is 73.3 Å². The maximum absolute atomic E-state index is 13.3. The Bertz CT molecular complexity index is 1490. The van der Waals surface area contributed by atoms with Crippen LogP contribution in [0.1, 0.15) is 24.2 Å². The molecule has 0 spiro atoms. The highest BCUT2D eigenvalue weighted by molar-refractivity contribution is 6.30. The van der Waals surface area contributed by atoms with E-state index in [1.54, 1.807) is 32.7 Å². The number of halogens is 1. The summed E-state index contributed by atoms with van der Waals surface area (Å²) in [6.07, 6.45) is 4.74. The summed E-state index contributed by atoms with van der Waals surface area (Å²) in [6.45, 7) is 5.09. The second-order valence-corrected chi connectivity index (χ2v) is 8.19. The SMILES string of the molecule is CCN(CC)C(=O)c1cnn(-c2ccccc2)c1Nc1ncnc2c1cnn2-c1cccc(Cl)c1. The van der Waals surface area contributed by atoms with Crippen LogP contribution in [0.25, 0.3) is 22.4 Å². The number of anilines is 2. The molecule has 0 saturated heterocycles. The third-order valence-electron chi connectivity index (χ3n) is 5.71. The molecule has 176 valence electrons. The fourth-order valence-electron chi connectivity index (χ4n) is 3.92. The highest BCUT2D eigenvalue weighted by atomic mass is 35.5. The molecule has 0 aliphatic rings. The van der Waals surface area contributed by atoms with E-state index in [9.17, 15) is 4.79 Å². The molecule has 2 aromatic carbocycles. The second-order valence-electron chi connectivity index (χ2n) is 7.75. The summed E-state index contributed by atoms with van der Waals surface area (Å²) in [7, 11) is 0. The number of aromatic nitrogens is 6. The Morgan fingerprint density at radius 2 is 1.69 bits per heavy atom. The predicted molar refractivity (Wildman–Crippen MR) is 136 cm³/mol. The van der Waals surface area contributed by atoms with Crippen molar-refractivity contribution in [1.82, 2.24) is 34.4 Å². The summed E-state index contributed by atoms with van der Waals surface area (Å²) in [5.74, 6) is 0.915. The van der Waals surface area contributed by atoms with E-state index in [2.05, 4.69) is 25.5 Å². The number of fused-ring (bicyclic) bond motifs is 1. The molecule has 5 rings (SSSR count). The molecule has 0 unspecified atom stereocenters.